The lowest BCUT2D eigenvalue weighted by Crippen LogP contribution is -2.27. The third-order valence-electron chi connectivity index (χ3n) is 3.42. The van der Waals surface area contributed by atoms with E-state index in [1.54, 1.807) is 23.7 Å². The molecule has 110 valence electrons. The number of anilines is 2. The number of nitrogens with two attached hydrogens (primary N) is 1. The maximum Gasteiger partial charge on any atom is 0.215 e. The van der Waals surface area contributed by atoms with Gasteiger partial charge in [0.15, 0.2) is 5.13 Å². The zero-order valence-corrected chi connectivity index (χ0v) is 12.4. The van der Waals surface area contributed by atoms with Gasteiger partial charge >= 0.3 is 0 Å². The molecule has 0 aliphatic carbocycles. The van der Waals surface area contributed by atoms with Crippen molar-refractivity contribution in [1.29, 1.82) is 0 Å². The molecule has 0 radical (unpaired) electrons. The molecule has 0 aromatic carbocycles. The zero-order valence-electron chi connectivity index (χ0n) is 11.6. The molecule has 0 amide bonds. The lowest BCUT2D eigenvalue weighted by atomic mass is 10.1. The van der Waals surface area contributed by atoms with Crippen molar-refractivity contribution in [2.24, 2.45) is 0 Å². The second-order valence-electron chi connectivity index (χ2n) is 4.87. The Morgan fingerprint density at radius 3 is 3.14 bits per heavy atom. The van der Waals surface area contributed by atoms with Crippen LogP contribution in [0.4, 0.5) is 10.9 Å². The van der Waals surface area contributed by atoms with E-state index in [0.717, 1.165) is 37.7 Å². The zero-order chi connectivity index (χ0) is 14.7. The van der Waals surface area contributed by atoms with E-state index in [4.69, 9.17) is 5.73 Å². The highest BCUT2D eigenvalue weighted by Crippen LogP contribution is 2.23. The predicted octanol–water partition coefficient (Wildman–Crippen LogP) is 1.15. The average Bonchev–Trinajstić information content (AvgIpc) is 2.83. The smallest absolute Gasteiger partial charge is 0.215 e. The minimum Gasteiger partial charge on any atom is -0.383 e. The fraction of sp³-hybridized carbons (Fsp3) is 0.357. The maximum atomic E-state index is 12.4. The van der Waals surface area contributed by atoms with Crippen LogP contribution in [0.2, 0.25) is 0 Å². The molecule has 1 fully saturated rings. The van der Waals surface area contributed by atoms with Crippen LogP contribution in [0.15, 0.2) is 23.7 Å². The topological polar surface area (TPSA) is 84.1 Å². The molecule has 2 aromatic rings. The number of hydrogen-bond acceptors (Lipinski definition) is 7. The molecule has 3 rings (SSSR count). The van der Waals surface area contributed by atoms with Crippen LogP contribution < -0.4 is 16.0 Å². The fourth-order valence-corrected chi connectivity index (χ4v) is 3.16. The van der Waals surface area contributed by atoms with E-state index in [9.17, 15) is 4.79 Å². The average molecular weight is 303 g/mol. The van der Waals surface area contributed by atoms with Crippen LogP contribution in [0.3, 0.4) is 0 Å². The van der Waals surface area contributed by atoms with Gasteiger partial charge < -0.3 is 16.0 Å². The number of nitrogens with one attached hydrogen (secondary N) is 1. The molecule has 1 aliphatic heterocycles. The maximum absolute atomic E-state index is 12.4. The lowest BCUT2D eigenvalue weighted by molar-refractivity contribution is 0.103. The molecule has 3 heterocycles. The summed E-state index contributed by atoms with van der Waals surface area (Å²) in [6.07, 6.45) is 2.65. The molecule has 0 saturated carbocycles. The normalized spacial score (nSPS) is 15.7. The summed E-state index contributed by atoms with van der Waals surface area (Å²) >= 11 is 1.50. The van der Waals surface area contributed by atoms with Crippen molar-refractivity contribution in [3.05, 3.63) is 35.0 Å². The molecule has 0 bridgehead atoms. The Balaban J connectivity index is 1.81. The largest absolute Gasteiger partial charge is 0.383 e. The third-order valence-corrected chi connectivity index (χ3v) is 4.32. The Bertz CT molecular complexity index is 634. The number of carbonyl (C=O) groups is 1. The minimum atomic E-state index is -0.170. The van der Waals surface area contributed by atoms with Gasteiger partial charge in [0.05, 0.1) is 5.56 Å². The summed E-state index contributed by atoms with van der Waals surface area (Å²) in [5, 5.41) is 6.04. The van der Waals surface area contributed by atoms with E-state index in [1.807, 2.05) is 0 Å². The molecule has 0 spiro atoms. The van der Waals surface area contributed by atoms with Gasteiger partial charge in [-0.3, -0.25) is 4.79 Å². The van der Waals surface area contributed by atoms with Gasteiger partial charge in [0.1, 0.15) is 11.5 Å². The Kier molecular flexibility index (Phi) is 4.12. The van der Waals surface area contributed by atoms with Crippen molar-refractivity contribution in [3.63, 3.8) is 0 Å². The molecule has 3 N–H and O–H groups in total. The summed E-state index contributed by atoms with van der Waals surface area (Å²) in [7, 11) is 0. The van der Waals surface area contributed by atoms with Gasteiger partial charge in [-0.05, 0) is 25.1 Å². The predicted molar refractivity (Wildman–Crippen MR) is 83.9 cm³/mol. The second-order valence-corrected chi connectivity index (χ2v) is 5.71. The summed E-state index contributed by atoms with van der Waals surface area (Å²) in [6, 6.07) is 3.39. The first-order valence-corrected chi connectivity index (χ1v) is 7.80. The van der Waals surface area contributed by atoms with E-state index in [0.29, 0.717) is 11.3 Å². The number of pyridine rings is 1. The van der Waals surface area contributed by atoms with Gasteiger partial charge in [-0.1, -0.05) is 0 Å². The lowest BCUT2D eigenvalue weighted by Gasteiger charge is -2.18. The number of ketones is 1. The van der Waals surface area contributed by atoms with Crippen LogP contribution in [0, 0.1) is 0 Å². The number of thiazole rings is 1. The van der Waals surface area contributed by atoms with Crippen molar-refractivity contribution >= 4 is 28.1 Å². The molecule has 6 nitrogen and oxygen atoms in total. The molecular weight excluding hydrogens is 286 g/mol. The van der Waals surface area contributed by atoms with Gasteiger partial charge in [0.25, 0.3) is 0 Å². The highest BCUT2D eigenvalue weighted by Gasteiger charge is 2.19. The van der Waals surface area contributed by atoms with Gasteiger partial charge in [-0.25, -0.2) is 9.97 Å². The van der Waals surface area contributed by atoms with E-state index in [-0.39, 0.29) is 11.6 Å². The summed E-state index contributed by atoms with van der Waals surface area (Å²) in [5.41, 5.74) is 6.60. The molecule has 1 aliphatic rings. The van der Waals surface area contributed by atoms with Crippen LogP contribution in [-0.2, 0) is 0 Å². The first kappa shape index (κ1) is 14.0. The van der Waals surface area contributed by atoms with Gasteiger partial charge in [-0.15, -0.1) is 11.3 Å². The summed E-state index contributed by atoms with van der Waals surface area (Å²) < 4.78 is 0. The van der Waals surface area contributed by atoms with Crippen LogP contribution in [0.5, 0.6) is 0 Å². The van der Waals surface area contributed by atoms with E-state index < -0.39 is 0 Å². The molecule has 1 saturated heterocycles. The summed E-state index contributed by atoms with van der Waals surface area (Å²) in [4.78, 5) is 23.1. The van der Waals surface area contributed by atoms with Crippen molar-refractivity contribution < 1.29 is 4.79 Å². The van der Waals surface area contributed by atoms with Crippen LogP contribution in [0.1, 0.15) is 22.5 Å². The molecular formula is C14H17N5OS. The molecule has 21 heavy (non-hydrogen) atoms. The quantitative estimate of drug-likeness (QED) is 0.828. The number of hydrogen-bond donors (Lipinski definition) is 2. The Morgan fingerprint density at radius 1 is 1.38 bits per heavy atom. The monoisotopic (exact) mass is 303 g/mol. The van der Waals surface area contributed by atoms with Gasteiger partial charge in [0, 0.05) is 31.2 Å². The van der Waals surface area contributed by atoms with E-state index in [2.05, 4.69) is 20.2 Å². The van der Waals surface area contributed by atoms with Crippen LogP contribution >= 0.6 is 11.3 Å². The minimum absolute atomic E-state index is 0.170. The van der Waals surface area contributed by atoms with Crippen molar-refractivity contribution in [2.75, 3.05) is 36.8 Å². The number of nitrogen functional groups attached to an aromatic ring is 1. The number of carbonyl (C=O) groups excluding carboxylic acids is 1. The van der Waals surface area contributed by atoms with Gasteiger partial charge in [0.2, 0.25) is 5.78 Å². The molecule has 0 atom stereocenters. The highest BCUT2D eigenvalue weighted by atomic mass is 32.1. The van der Waals surface area contributed by atoms with Crippen LogP contribution in [0.25, 0.3) is 0 Å². The van der Waals surface area contributed by atoms with Gasteiger partial charge in [-0.2, -0.15) is 0 Å². The summed E-state index contributed by atoms with van der Waals surface area (Å²) in [6.45, 7) is 3.84. The summed E-state index contributed by atoms with van der Waals surface area (Å²) in [5.74, 6) is 0.0760. The second kappa shape index (κ2) is 6.19. The van der Waals surface area contributed by atoms with E-state index >= 15 is 0 Å². The third kappa shape index (κ3) is 3.03. The SMILES string of the molecule is Nc1ncccc1C(=O)c1csc(N2CCCNCC2)n1. The molecule has 2 aromatic heterocycles. The Labute approximate surface area is 127 Å². The molecule has 0 unspecified atom stereocenters. The van der Waals surface area contributed by atoms with Crippen molar-refractivity contribution in [1.82, 2.24) is 15.3 Å². The fourth-order valence-electron chi connectivity index (χ4n) is 2.30. The first-order chi connectivity index (χ1) is 10.3. The molecule has 7 heteroatoms. The van der Waals surface area contributed by atoms with Crippen LogP contribution in [-0.4, -0.2) is 41.9 Å². The number of nitrogens with zero attached hydrogens (tertiary/aromatic N) is 3. The van der Waals surface area contributed by atoms with Crippen molar-refractivity contribution in [2.45, 2.75) is 6.42 Å². The first-order valence-electron chi connectivity index (χ1n) is 6.92. The van der Waals surface area contributed by atoms with Crippen molar-refractivity contribution in [3.8, 4) is 0 Å². The Morgan fingerprint density at radius 2 is 2.29 bits per heavy atom. The Hall–Kier alpha value is -1.99. The van der Waals surface area contributed by atoms with E-state index in [1.165, 1.54) is 11.3 Å². The highest BCUT2D eigenvalue weighted by molar-refractivity contribution is 7.14. The standard InChI is InChI=1S/C14H17N5OS/c15-13-10(3-1-5-17-13)12(20)11-9-21-14(18-11)19-7-2-4-16-6-8-19/h1,3,5,9,16H,2,4,6-8H2,(H2,15,17). The number of aromatic nitrogens is 2. The number of rotatable bonds is 3.